The number of amides is 1. The van der Waals surface area contributed by atoms with Crippen LogP contribution in [-0.2, 0) is 6.54 Å². The highest BCUT2D eigenvalue weighted by molar-refractivity contribution is 5.94. The van der Waals surface area contributed by atoms with E-state index in [1.54, 1.807) is 35.3 Å². The SMILES string of the molecule is O=C(NCCCCOc1ccc(F)cc1)c1ccc(Cn2cncn2)cc1. The topological polar surface area (TPSA) is 69.0 Å². The van der Waals surface area contributed by atoms with Crippen molar-refractivity contribution in [3.63, 3.8) is 0 Å². The van der Waals surface area contributed by atoms with Gasteiger partial charge in [0, 0.05) is 12.1 Å². The van der Waals surface area contributed by atoms with Crippen molar-refractivity contribution >= 4 is 5.91 Å². The summed E-state index contributed by atoms with van der Waals surface area (Å²) < 4.78 is 20.0. The lowest BCUT2D eigenvalue weighted by atomic mass is 10.1. The maximum Gasteiger partial charge on any atom is 0.251 e. The van der Waals surface area contributed by atoms with E-state index in [0.29, 0.717) is 31.0 Å². The van der Waals surface area contributed by atoms with Gasteiger partial charge in [-0.05, 0) is 54.8 Å². The van der Waals surface area contributed by atoms with Gasteiger partial charge in [-0.3, -0.25) is 4.79 Å². The van der Waals surface area contributed by atoms with E-state index < -0.39 is 0 Å². The maximum atomic E-state index is 12.8. The molecule has 6 nitrogen and oxygen atoms in total. The summed E-state index contributed by atoms with van der Waals surface area (Å²) in [5, 5.41) is 6.96. The average Bonchev–Trinajstić information content (AvgIpc) is 3.19. The summed E-state index contributed by atoms with van der Waals surface area (Å²) in [4.78, 5) is 16.1. The number of halogens is 1. The van der Waals surface area contributed by atoms with Gasteiger partial charge in [-0.1, -0.05) is 12.1 Å². The molecule has 0 bridgehead atoms. The molecule has 0 atom stereocenters. The Bertz CT molecular complexity index is 833. The number of ether oxygens (including phenoxy) is 1. The molecule has 27 heavy (non-hydrogen) atoms. The van der Waals surface area contributed by atoms with E-state index in [2.05, 4.69) is 15.4 Å². The van der Waals surface area contributed by atoms with Gasteiger partial charge in [-0.25, -0.2) is 14.1 Å². The Balaban J connectivity index is 1.33. The molecule has 0 aliphatic rings. The van der Waals surface area contributed by atoms with E-state index in [9.17, 15) is 9.18 Å². The predicted octanol–water partition coefficient (Wildman–Crippen LogP) is 3.05. The van der Waals surface area contributed by atoms with Crippen molar-refractivity contribution in [1.29, 1.82) is 0 Å². The second kappa shape index (κ2) is 9.47. The Morgan fingerprint density at radius 3 is 2.56 bits per heavy atom. The van der Waals surface area contributed by atoms with Gasteiger partial charge in [0.15, 0.2) is 0 Å². The number of benzene rings is 2. The Labute approximate surface area is 157 Å². The van der Waals surface area contributed by atoms with Gasteiger partial charge in [0.2, 0.25) is 0 Å². The van der Waals surface area contributed by atoms with E-state index >= 15 is 0 Å². The fourth-order valence-corrected chi connectivity index (χ4v) is 2.51. The summed E-state index contributed by atoms with van der Waals surface area (Å²) in [6.07, 6.45) is 4.75. The normalized spacial score (nSPS) is 10.6. The Hall–Kier alpha value is -3.22. The van der Waals surface area contributed by atoms with E-state index in [1.165, 1.54) is 18.5 Å². The molecule has 2 aromatic carbocycles. The highest BCUT2D eigenvalue weighted by Gasteiger charge is 2.05. The van der Waals surface area contributed by atoms with Crippen molar-refractivity contribution in [2.24, 2.45) is 0 Å². The van der Waals surface area contributed by atoms with Crippen LogP contribution in [0.25, 0.3) is 0 Å². The molecular weight excluding hydrogens is 347 g/mol. The predicted molar refractivity (Wildman–Crippen MR) is 99.0 cm³/mol. The highest BCUT2D eigenvalue weighted by Crippen LogP contribution is 2.11. The number of unbranched alkanes of at least 4 members (excludes halogenated alkanes) is 1. The minimum atomic E-state index is -0.281. The van der Waals surface area contributed by atoms with Crippen LogP contribution in [0.3, 0.4) is 0 Å². The quantitative estimate of drug-likeness (QED) is 0.590. The number of rotatable bonds is 9. The first-order valence-corrected chi connectivity index (χ1v) is 8.78. The summed E-state index contributed by atoms with van der Waals surface area (Å²) in [5.74, 6) is 0.268. The van der Waals surface area contributed by atoms with Crippen LogP contribution >= 0.6 is 0 Å². The van der Waals surface area contributed by atoms with Gasteiger partial charge in [0.25, 0.3) is 5.91 Å². The second-order valence-corrected chi connectivity index (χ2v) is 6.06. The lowest BCUT2D eigenvalue weighted by molar-refractivity contribution is 0.0952. The summed E-state index contributed by atoms with van der Waals surface area (Å²) in [6.45, 7) is 1.72. The van der Waals surface area contributed by atoms with Crippen molar-refractivity contribution in [2.45, 2.75) is 19.4 Å². The Kier molecular flexibility index (Phi) is 6.51. The standard InChI is InChI=1S/C20H21FN4O2/c21-18-7-9-19(10-8-18)27-12-2-1-11-23-20(26)17-5-3-16(4-6-17)13-25-15-22-14-24-25/h3-10,14-15H,1-2,11-13H2,(H,23,26). The third-order valence-electron chi connectivity index (χ3n) is 3.97. The summed E-state index contributed by atoms with van der Waals surface area (Å²) in [6, 6.07) is 13.4. The van der Waals surface area contributed by atoms with Gasteiger partial charge in [-0.2, -0.15) is 5.10 Å². The zero-order chi connectivity index (χ0) is 18.9. The zero-order valence-electron chi connectivity index (χ0n) is 14.8. The molecular formula is C20H21FN4O2. The Morgan fingerprint density at radius 1 is 1.07 bits per heavy atom. The molecule has 1 amide bonds. The van der Waals surface area contributed by atoms with Crippen LogP contribution in [0.4, 0.5) is 4.39 Å². The molecule has 3 aromatic rings. The van der Waals surface area contributed by atoms with Crippen LogP contribution in [0.2, 0.25) is 0 Å². The number of aromatic nitrogens is 3. The molecule has 0 radical (unpaired) electrons. The van der Waals surface area contributed by atoms with E-state index in [-0.39, 0.29) is 11.7 Å². The molecule has 0 unspecified atom stereocenters. The van der Waals surface area contributed by atoms with Crippen molar-refractivity contribution in [3.8, 4) is 5.75 Å². The minimum absolute atomic E-state index is 0.0956. The highest BCUT2D eigenvalue weighted by atomic mass is 19.1. The summed E-state index contributed by atoms with van der Waals surface area (Å²) in [5.41, 5.74) is 1.68. The number of hydrogen-bond donors (Lipinski definition) is 1. The number of carbonyl (C=O) groups excluding carboxylic acids is 1. The number of carbonyl (C=O) groups is 1. The summed E-state index contributed by atoms with van der Waals surface area (Å²) >= 11 is 0. The van der Waals surface area contributed by atoms with E-state index in [4.69, 9.17) is 4.74 Å². The molecule has 1 N–H and O–H groups in total. The first-order chi connectivity index (χ1) is 13.2. The fraction of sp³-hybridized carbons (Fsp3) is 0.250. The first-order valence-electron chi connectivity index (χ1n) is 8.78. The molecule has 140 valence electrons. The van der Waals surface area contributed by atoms with Crippen molar-refractivity contribution in [2.75, 3.05) is 13.2 Å². The smallest absolute Gasteiger partial charge is 0.251 e. The molecule has 0 saturated carbocycles. The van der Waals surface area contributed by atoms with Crippen LogP contribution in [0.15, 0.2) is 61.2 Å². The molecule has 0 fully saturated rings. The van der Waals surface area contributed by atoms with Crippen molar-refractivity contribution in [1.82, 2.24) is 20.1 Å². The molecule has 1 aromatic heterocycles. The minimum Gasteiger partial charge on any atom is -0.494 e. The van der Waals surface area contributed by atoms with Crippen LogP contribution in [0, 0.1) is 5.82 Å². The van der Waals surface area contributed by atoms with Crippen molar-refractivity contribution in [3.05, 3.63) is 78.1 Å². The van der Waals surface area contributed by atoms with Crippen LogP contribution in [0.5, 0.6) is 5.75 Å². The second-order valence-electron chi connectivity index (χ2n) is 6.06. The monoisotopic (exact) mass is 368 g/mol. The molecule has 0 saturated heterocycles. The van der Waals surface area contributed by atoms with Gasteiger partial charge >= 0.3 is 0 Å². The van der Waals surface area contributed by atoms with E-state index in [0.717, 1.165) is 18.4 Å². The van der Waals surface area contributed by atoms with Crippen LogP contribution < -0.4 is 10.1 Å². The van der Waals surface area contributed by atoms with Gasteiger partial charge in [-0.15, -0.1) is 0 Å². The lowest BCUT2D eigenvalue weighted by Crippen LogP contribution is -2.24. The maximum absolute atomic E-state index is 12.8. The largest absolute Gasteiger partial charge is 0.494 e. The van der Waals surface area contributed by atoms with E-state index in [1.807, 2.05) is 12.1 Å². The molecule has 0 aliphatic carbocycles. The third kappa shape index (κ3) is 5.91. The van der Waals surface area contributed by atoms with Crippen LogP contribution in [0.1, 0.15) is 28.8 Å². The van der Waals surface area contributed by atoms with Gasteiger partial charge < -0.3 is 10.1 Å². The zero-order valence-corrected chi connectivity index (χ0v) is 14.8. The third-order valence-corrected chi connectivity index (χ3v) is 3.97. The number of hydrogen-bond acceptors (Lipinski definition) is 4. The number of nitrogens with zero attached hydrogens (tertiary/aromatic N) is 3. The van der Waals surface area contributed by atoms with Crippen molar-refractivity contribution < 1.29 is 13.9 Å². The lowest BCUT2D eigenvalue weighted by Gasteiger charge is -2.08. The molecule has 1 heterocycles. The molecule has 0 spiro atoms. The van der Waals surface area contributed by atoms with Gasteiger partial charge in [0.1, 0.15) is 24.2 Å². The molecule has 0 aliphatic heterocycles. The fourth-order valence-electron chi connectivity index (χ4n) is 2.51. The summed E-state index contributed by atoms with van der Waals surface area (Å²) in [7, 11) is 0. The molecule has 3 rings (SSSR count). The first kappa shape index (κ1) is 18.6. The Morgan fingerprint density at radius 2 is 1.85 bits per heavy atom. The van der Waals surface area contributed by atoms with Gasteiger partial charge in [0.05, 0.1) is 13.2 Å². The van der Waals surface area contributed by atoms with Crippen LogP contribution in [-0.4, -0.2) is 33.8 Å². The molecule has 7 heteroatoms. The average molecular weight is 368 g/mol. The number of nitrogens with one attached hydrogen (secondary N) is 1.